The number of carbonyl (C=O) groups excluding carboxylic acids is 2. The van der Waals surface area contributed by atoms with Gasteiger partial charge in [-0.3, -0.25) is 9.59 Å². The van der Waals surface area contributed by atoms with Gasteiger partial charge in [-0.1, -0.05) is 30.7 Å². The van der Waals surface area contributed by atoms with Crippen LogP contribution in [0.4, 0.5) is 4.39 Å². The van der Waals surface area contributed by atoms with Crippen molar-refractivity contribution in [3.8, 4) is 0 Å². The van der Waals surface area contributed by atoms with E-state index in [1.807, 2.05) is 37.4 Å². The maximum Gasteiger partial charge on any atom is 0.303 e. The summed E-state index contributed by atoms with van der Waals surface area (Å²) in [6, 6.07) is 0. The van der Waals surface area contributed by atoms with Crippen LogP contribution < -0.4 is 0 Å². The average Bonchev–Trinajstić information content (AvgIpc) is 3.02. The molecule has 3 saturated carbocycles. The SMILES string of the molecule is CC=CCS[C@@]1(SC)CC[C@H]2[C@@H]3CCC4=CC(=O)C=C[C@]4(C)C3(F)[C@@H](OC(C)=O)C[C@@]21C. The summed E-state index contributed by atoms with van der Waals surface area (Å²) in [5, 5.41) is 0. The molecule has 3 fully saturated rings. The Labute approximate surface area is 200 Å². The number of hydrogen-bond acceptors (Lipinski definition) is 5. The lowest BCUT2D eigenvalue weighted by atomic mass is 9.46. The molecular weight excluding hydrogens is 443 g/mol. The summed E-state index contributed by atoms with van der Waals surface area (Å²) in [5.41, 5.74) is -1.94. The molecule has 4 aliphatic carbocycles. The number of thioether (sulfide) groups is 2. The Morgan fingerprint density at radius 3 is 2.72 bits per heavy atom. The Hall–Kier alpha value is -1.01. The summed E-state index contributed by atoms with van der Waals surface area (Å²) in [7, 11) is 0. The van der Waals surface area contributed by atoms with Crippen LogP contribution in [0.15, 0.2) is 36.0 Å². The second kappa shape index (κ2) is 8.33. The standard InChI is InChI=1S/C26H35FO3S2/c1-6-7-14-32-25(31-5)13-11-20-21-9-8-18-15-19(29)10-12-23(18,3)26(21,27)22(30-17(2)28)16-24(20,25)4/h6-7,10,12,15,20-22H,8-9,11,13-14,16H2,1-5H3/t20-,21-,22-,23-,24-,25-,26?/m0/s1. The first-order valence-corrected chi connectivity index (χ1v) is 13.9. The van der Waals surface area contributed by atoms with E-state index in [1.54, 1.807) is 12.2 Å². The van der Waals surface area contributed by atoms with Crippen molar-refractivity contribution in [2.24, 2.45) is 22.7 Å². The van der Waals surface area contributed by atoms with E-state index in [0.29, 0.717) is 12.8 Å². The van der Waals surface area contributed by atoms with Crippen LogP contribution in [0.25, 0.3) is 0 Å². The summed E-state index contributed by atoms with van der Waals surface area (Å²) in [6.07, 6.45) is 14.4. The Balaban J connectivity index is 1.81. The second-order valence-electron chi connectivity index (χ2n) is 10.2. The monoisotopic (exact) mass is 478 g/mol. The molecular formula is C26H35FO3S2. The van der Waals surface area contributed by atoms with Gasteiger partial charge in [0.05, 0.1) is 4.08 Å². The minimum atomic E-state index is -1.72. The van der Waals surface area contributed by atoms with E-state index in [4.69, 9.17) is 4.74 Å². The number of hydrogen-bond donors (Lipinski definition) is 0. The molecule has 0 bridgehead atoms. The summed E-state index contributed by atoms with van der Waals surface area (Å²) in [6.45, 7) is 7.64. The zero-order valence-corrected chi connectivity index (χ0v) is 21.4. The molecule has 4 aliphatic rings. The van der Waals surface area contributed by atoms with Crippen LogP contribution in [0.1, 0.15) is 59.8 Å². The molecule has 3 nitrogen and oxygen atoms in total. The van der Waals surface area contributed by atoms with E-state index >= 15 is 4.39 Å². The van der Waals surface area contributed by atoms with Crippen LogP contribution in [0.2, 0.25) is 0 Å². The van der Waals surface area contributed by atoms with Gasteiger partial charge < -0.3 is 4.74 Å². The normalized spacial score (nSPS) is 45.2. The number of halogens is 1. The van der Waals surface area contributed by atoms with E-state index in [0.717, 1.165) is 30.6 Å². The molecule has 0 aromatic rings. The van der Waals surface area contributed by atoms with E-state index in [9.17, 15) is 9.59 Å². The number of rotatable bonds is 5. The number of ether oxygens (including phenoxy) is 1. The van der Waals surface area contributed by atoms with Gasteiger partial charge in [-0.15, -0.1) is 23.5 Å². The molecule has 0 aromatic carbocycles. The predicted octanol–water partition coefficient (Wildman–Crippen LogP) is 6.30. The average molecular weight is 479 g/mol. The topological polar surface area (TPSA) is 43.4 Å². The Morgan fingerprint density at radius 2 is 2.06 bits per heavy atom. The minimum absolute atomic E-state index is 0.0354. The highest BCUT2D eigenvalue weighted by Crippen LogP contribution is 2.74. The first kappa shape index (κ1) is 24.1. The molecule has 0 N–H and O–H groups in total. The molecule has 6 heteroatoms. The van der Waals surface area contributed by atoms with Gasteiger partial charge in [-0.2, -0.15) is 0 Å². The molecule has 0 spiro atoms. The predicted molar refractivity (Wildman–Crippen MR) is 131 cm³/mol. The number of ketones is 1. The number of allylic oxidation sites excluding steroid dienone is 5. The van der Waals surface area contributed by atoms with Gasteiger partial charge in [0.15, 0.2) is 11.5 Å². The molecule has 32 heavy (non-hydrogen) atoms. The quantitative estimate of drug-likeness (QED) is 0.264. The molecule has 0 radical (unpaired) electrons. The molecule has 0 aliphatic heterocycles. The van der Waals surface area contributed by atoms with Crippen LogP contribution in [-0.2, 0) is 14.3 Å². The van der Waals surface area contributed by atoms with Crippen molar-refractivity contribution in [1.82, 2.24) is 0 Å². The van der Waals surface area contributed by atoms with Gasteiger partial charge in [0, 0.05) is 24.0 Å². The summed E-state index contributed by atoms with van der Waals surface area (Å²) in [5.74, 6) is 0.430. The van der Waals surface area contributed by atoms with Gasteiger partial charge in [0.1, 0.15) is 6.10 Å². The Bertz CT molecular complexity index is 898. The molecule has 4 rings (SSSR count). The smallest absolute Gasteiger partial charge is 0.303 e. The van der Waals surface area contributed by atoms with Gasteiger partial charge in [-0.05, 0) is 75.7 Å². The summed E-state index contributed by atoms with van der Waals surface area (Å²) in [4.78, 5) is 24.3. The lowest BCUT2D eigenvalue weighted by molar-refractivity contribution is -0.209. The van der Waals surface area contributed by atoms with Crippen molar-refractivity contribution in [1.29, 1.82) is 0 Å². The maximum atomic E-state index is 17.7. The number of alkyl halides is 1. The van der Waals surface area contributed by atoms with Crippen LogP contribution in [-0.4, -0.2) is 39.6 Å². The van der Waals surface area contributed by atoms with E-state index < -0.39 is 23.2 Å². The third kappa shape index (κ3) is 3.22. The minimum Gasteiger partial charge on any atom is -0.459 e. The fraction of sp³-hybridized carbons (Fsp3) is 0.692. The molecule has 176 valence electrons. The zero-order chi connectivity index (χ0) is 23.4. The van der Waals surface area contributed by atoms with Crippen molar-refractivity contribution in [3.63, 3.8) is 0 Å². The zero-order valence-electron chi connectivity index (χ0n) is 19.8. The number of fused-ring (bicyclic) bond motifs is 5. The van der Waals surface area contributed by atoms with Crippen LogP contribution in [0.5, 0.6) is 0 Å². The molecule has 7 atom stereocenters. The third-order valence-corrected chi connectivity index (χ3v) is 12.6. The number of esters is 1. The first-order valence-electron chi connectivity index (χ1n) is 11.7. The fourth-order valence-electron chi connectivity index (χ4n) is 7.36. The van der Waals surface area contributed by atoms with E-state index in [1.165, 1.54) is 13.0 Å². The largest absolute Gasteiger partial charge is 0.459 e. The summed E-state index contributed by atoms with van der Waals surface area (Å²) < 4.78 is 23.5. The molecule has 0 aromatic heterocycles. The van der Waals surface area contributed by atoms with Crippen LogP contribution >= 0.6 is 23.5 Å². The highest BCUT2D eigenvalue weighted by Gasteiger charge is 2.74. The van der Waals surface area contributed by atoms with Gasteiger partial charge >= 0.3 is 5.97 Å². The molecule has 1 unspecified atom stereocenters. The van der Waals surface area contributed by atoms with Crippen molar-refractivity contribution in [2.75, 3.05) is 12.0 Å². The Morgan fingerprint density at radius 1 is 1.31 bits per heavy atom. The highest BCUT2D eigenvalue weighted by atomic mass is 32.2. The Kier molecular flexibility index (Phi) is 6.28. The van der Waals surface area contributed by atoms with E-state index in [2.05, 4.69) is 25.3 Å². The van der Waals surface area contributed by atoms with Crippen LogP contribution in [0, 0.1) is 22.7 Å². The van der Waals surface area contributed by atoms with Gasteiger partial charge in [0.25, 0.3) is 0 Å². The van der Waals surface area contributed by atoms with Crippen molar-refractivity contribution < 1.29 is 18.7 Å². The maximum absolute atomic E-state index is 17.7. The fourth-order valence-corrected chi connectivity index (χ4v) is 10.4. The summed E-state index contributed by atoms with van der Waals surface area (Å²) >= 11 is 3.86. The lowest BCUT2D eigenvalue weighted by Gasteiger charge is -2.63. The van der Waals surface area contributed by atoms with Crippen LogP contribution in [0.3, 0.4) is 0 Å². The molecule has 0 amide bonds. The molecule has 0 saturated heterocycles. The molecule has 0 heterocycles. The van der Waals surface area contributed by atoms with Crippen molar-refractivity contribution in [3.05, 3.63) is 36.0 Å². The van der Waals surface area contributed by atoms with Crippen molar-refractivity contribution >= 4 is 35.3 Å². The first-order chi connectivity index (χ1) is 15.1. The van der Waals surface area contributed by atoms with E-state index in [-0.39, 0.29) is 27.1 Å². The van der Waals surface area contributed by atoms with Crippen molar-refractivity contribution in [2.45, 2.75) is 75.7 Å². The third-order valence-electron chi connectivity index (χ3n) is 8.95. The van der Waals surface area contributed by atoms with Gasteiger partial charge in [0.2, 0.25) is 0 Å². The lowest BCUT2D eigenvalue weighted by Crippen LogP contribution is -2.68. The van der Waals surface area contributed by atoms with Gasteiger partial charge in [-0.25, -0.2) is 4.39 Å². The highest BCUT2D eigenvalue weighted by molar-refractivity contribution is 8.18. The second-order valence-corrected chi connectivity index (χ2v) is 12.9. The number of carbonyl (C=O) groups is 2.